The summed E-state index contributed by atoms with van der Waals surface area (Å²) in [6.45, 7) is 1.65. The van der Waals surface area contributed by atoms with Crippen molar-refractivity contribution < 1.29 is 33.4 Å². The number of fused-ring (bicyclic) bond motifs is 1. The number of aryl methyl sites for hydroxylation is 1. The van der Waals surface area contributed by atoms with Crippen molar-refractivity contribution in [1.82, 2.24) is 5.43 Å². The van der Waals surface area contributed by atoms with Gasteiger partial charge in [0.05, 0.1) is 25.5 Å². The second kappa shape index (κ2) is 12.4. The third-order valence-corrected chi connectivity index (χ3v) is 7.34. The van der Waals surface area contributed by atoms with Crippen LogP contribution in [0, 0.1) is 0 Å². The van der Waals surface area contributed by atoms with Gasteiger partial charge in [0.1, 0.15) is 22.1 Å². The van der Waals surface area contributed by atoms with Gasteiger partial charge >= 0.3 is 23.8 Å². The fraction of sp³-hybridized carbons (Fsp3) is 0.250. The van der Waals surface area contributed by atoms with Crippen molar-refractivity contribution in [3.8, 4) is 11.5 Å². The number of anilines is 1. The number of thiophene rings is 1. The van der Waals surface area contributed by atoms with Crippen LogP contribution in [0.4, 0.5) is 5.00 Å². The van der Waals surface area contributed by atoms with E-state index < -0.39 is 23.8 Å². The SMILES string of the molecule is COC(=O)c1c(NC(=O)C(=O)N/N=C(\C)c2ccc(OC(=O)c3ccccc3OC)cc2)sc2c1CCCC2. The van der Waals surface area contributed by atoms with E-state index in [0.717, 1.165) is 36.1 Å². The van der Waals surface area contributed by atoms with Crippen molar-refractivity contribution in [2.75, 3.05) is 19.5 Å². The number of nitrogens with one attached hydrogen (secondary N) is 2. The highest BCUT2D eigenvalue weighted by Crippen LogP contribution is 2.38. The number of ether oxygens (including phenoxy) is 3. The maximum Gasteiger partial charge on any atom is 0.347 e. The molecule has 0 radical (unpaired) electrons. The summed E-state index contributed by atoms with van der Waals surface area (Å²) >= 11 is 1.29. The zero-order valence-corrected chi connectivity index (χ0v) is 22.5. The molecule has 10 nitrogen and oxygen atoms in total. The molecule has 2 amide bonds. The summed E-state index contributed by atoms with van der Waals surface area (Å²) in [5.41, 5.74) is 4.76. The standard InChI is InChI=1S/C28H27N3O7S/c1-16(17-12-14-18(15-13-17)38-27(34)19-8-4-6-10-21(19)36-2)30-31-25(33)24(32)29-26-23(28(35)37-3)20-9-5-7-11-22(20)39-26/h4,6,8,10,12-15H,5,7,9,11H2,1-3H3,(H,29,32)(H,31,33)/b30-16+. The van der Waals surface area contributed by atoms with E-state index >= 15 is 0 Å². The summed E-state index contributed by atoms with van der Waals surface area (Å²) in [4.78, 5) is 50.8. The van der Waals surface area contributed by atoms with E-state index in [9.17, 15) is 19.2 Å². The number of methoxy groups -OCH3 is 2. The topological polar surface area (TPSA) is 132 Å². The van der Waals surface area contributed by atoms with Gasteiger partial charge in [0.25, 0.3) is 0 Å². The Hall–Kier alpha value is -4.51. The predicted octanol–water partition coefficient (Wildman–Crippen LogP) is 4.12. The molecular weight excluding hydrogens is 522 g/mol. The van der Waals surface area contributed by atoms with Crippen LogP contribution in [0.5, 0.6) is 11.5 Å². The first kappa shape index (κ1) is 27.5. The van der Waals surface area contributed by atoms with Gasteiger partial charge in [-0.25, -0.2) is 15.0 Å². The summed E-state index contributed by atoms with van der Waals surface area (Å²) in [5.74, 6) is -2.33. The Morgan fingerprint density at radius 1 is 0.897 bits per heavy atom. The normalized spacial score (nSPS) is 12.6. The maximum atomic E-state index is 12.6. The van der Waals surface area contributed by atoms with Gasteiger partial charge < -0.3 is 19.5 Å². The first-order chi connectivity index (χ1) is 18.8. The van der Waals surface area contributed by atoms with Gasteiger partial charge in [-0.15, -0.1) is 11.3 Å². The highest BCUT2D eigenvalue weighted by molar-refractivity contribution is 7.17. The molecule has 3 aromatic rings. The lowest BCUT2D eigenvalue weighted by Crippen LogP contribution is -2.33. The zero-order valence-electron chi connectivity index (χ0n) is 21.7. The van der Waals surface area contributed by atoms with Gasteiger partial charge in [-0.3, -0.25) is 9.59 Å². The van der Waals surface area contributed by atoms with Crippen LogP contribution in [0.15, 0.2) is 53.6 Å². The Balaban J connectivity index is 1.38. The van der Waals surface area contributed by atoms with Gasteiger partial charge in [-0.1, -0.05) is 12.1 Å². The van der Waals surface area contributed by atoms with Gasteiger partial charge in [-0.2, -0.15) is 5.10 Å². The molecule has 1 aliphatic rings. The van der Waals surface area contributed by atoms with E-state index in [0.29, 0.717) is 38.9 Å². The number of benzene rings is 2. The third-order valence-electron chi connectivity index (χ3n) is 6.13. The van der Waals surface area contributed by atoms with Crippen molar-refractivity contribution >= 4 is 45.8 Å². The average Bonchev–Trinajstić information content (AvgIpc) is 3.33. The Morgan fingerprint density at radius 2 is 1.62 bits per heavy atom. The molecule has 0 saturated heterocycles. The van der Waals surface area contributed by atoms with Gasteiger partial charge in [0.15, 0.2) is 0 Å². The Kier molecular flexibility index (Phi) is 8.72. The summed E-state index contributed by atoms with van der Waals surface area (Å²) in [7, 11) is 2.75. The van der Waals surface area contributed by atoms with Crippen LogP contribution < -0.4 is 20.2 Å². The number of hydrogen-bond donors (Lipinski definition) is 2. The number of carbonyl (C=O) groups is 4. The largest absolute Gasteiger partial charge is 0.496 e. The molecule has 0 fully saturated rings. The Morgan fingerprint density at radius 3 is 2.33 bits per heavy atom. The number of carbonyl (C=O) groups excluding carboxylic acids is 4. The molecule has 2 aromatic carbocycles. The number of hydrazone groups is 1. The van der Waals surface area contributed by atoms with Crippen molar-refractivity contribution in [2.24, 2.45) is 5.10 Å². The highest BCUT2D eigenvalue weighted by Gasteiger charge is 2.28. The fourth-order valence-corrected chi connectivity index (χ4v) is 5.39. The molecule has 0 saturated carbocycles. The minimum Gasteiger partial charge on any atom is -0.496 e. The van der Waals surface area contributed by atoms with Crippen LogP contribution in [0.3, 0.4) is 0 Å². The number of nitrogens with zero attached hydrogens (tertiary/aromatic N) is 1. The zero-order chi connectivity index (χ0) is 27.9. The molecule has 1 aliphatic carbocycles. The number of para-hydroxylation sites is 1. The molecule has 0 unspecified atom stereocenters. The van der Waals surface area contributed by atoms with Crippen LogP contribution >= 0.6 is 11.3 Å². The number of amides is 2. The number of esters is 2. The van der Waals surface area contributed by atoms with Gasteiger partial charge in [0, 0.05) is 4.88 Å². The van der Waals surface area contributed by atoms with Crippen LogP contribution in [0.1, 0.15) is 56.5 Å². The lowest BCUT2D eigenvalue weighted by molar-refractivity contribution is -0.136. The van der Waals surface area contributed by atoms with Crippen molar-refractivity contribution in [2.45, 2.75) is 32.6 Å². The summed E-state index contributed by atoms with van der Waals surface area (Å²) in [6, 6.07) is 13.2. The quantitative estimate of drug-likeness (QED) is 0.149. The second-order valence-electron chi connectivity index (χ2n) is 8.61. The molecule has 0 aliphatic heterocycles. The van der Waals surface area contributed by atoms with Crippen LogP contribution in [0.25, 0.3) is 0 Å². The van der Waals surface area contributed by atoms with Gasteiger partial charge in [-0.05, 0) is 80.1 Å². The van der Waals surface area contributed by atoms with E-state index in [4.69, 9.17) is 14.2 Å². The molecule has 11 heteroatoms. The summed E-state index contributed by atoms with van der Waals surface area (Å²) < 4.78 is 15.5. The molecular formula is C28H27N3O7S. The predicted molar refractivity (Wildman–Crippen MR) is 146 cm³/mol. The lowest BCUT2D eigenvalue weighted by atomic mass is 9.95. The van der Waals surface area contributed by atoms with E-state index in [1.165, 1.54) is 25.6 Å². The van der Waals surface area contributed by atoms with Crippen LogP contribution in [0.2, 0.25) is 0 Å². The summed E-state index contributed by atoms with van der Waals surface area (Å²) in [6.07, 6.45) is 3.48. The van der Waals surface area contributed by atoms with E-state index in [1.54, 1.807) is 55.5 Å². The second-order valence-corrected chi connectivity index (χ2v) is 9.72. The average molecular weight is 550 g/mol. The Bertz CT molecular complexity index is 1440. The molecule has 0 atom stereocenters. The lowest BCUT2D eigenvalue weighted by Gasteiger charge is -2.11. The first-order valence-corrected chi connectivity index (χ1v) is 13.0. The number of hydrogen-bond acceptors (Lipinski definition) is 9. The van der Waals surface area contributed by atoms with Crippen molar-refractivity contribution in [3.05, 3.63) is 75.7 Å². The highest BCUT2D eigenvalue weighted by atomic mass is 32.1. The maximum absolute atomic E-state index is 12.6. The molecule has 1 heterocycles. The van der Waals surface area contributed by atoms with Crippen molar-refractivity contribution in [1.29, 1.82) is 0 Å². The molecule has 39 heavy (non-hydrogen) atoms. The number of rotatable bonds is 7. The minimum absolute atomic E-state index is 0.296. The minimum atomic E-state index is -0.987. The van der Waals surface area contributed by atoms with E-state index in [-0.39, 0.29) is 0 Å². The molecule has 0 bridgehead atoms. The van der Waals surface area contributed by atoms with Crippen molar-refractivity contribution in [3.63, 3.8) is 0 Å². The Labute approximate surface area is 229 Å². The van der Waals surface area contributed by atoms with Crippen LogP contribution in [-0.2, 0) is 27.2 Å². The summed E-state index contributed by atoms with van der Waals surface area (Å²) in [5, 5.41) is 6.83. The molecule has 1 aromatic heterocycles. The van der Waals surface area contributed by atoms with E-state index in [2.05, 4.69) is 15.8 Å². The first-order valence-electron chi connectivity index (χ1n) is 12.2. The molecule has 0 spiro atoms. The van der Waals surface area contributed by atoms with Crippen LogP contribution in [-0.4, -0.2) is 43.7 Å². The smallest absolute Gasteiger partial charge is 0.347 e. The molecule has 2 N–H and O–H groups in total. The molecule has 4 rings (SSSR count). The van der Waals surface area contributed by atoms with Gasteiger partial charge in [0.2, 0.25) is 0 Å². The van der Waals surface area contributed by atoms with E-state index in [1.807, 2.05) is 0 Å². The molecule has 202 valence electrons. The third kappa shape index (κ3) is 6.32. The monoisotopic (exact) mass is 549 g/mol. The fourth-order valence-electron chi connectivity index (χ4n) is 4.12.